The Morgan fingerprint density at radius 3 is 2.31 bits per heavy atom. The Morgan fingerprint density at radius 1 is 0.966 bits per heavy atom. The summed E-state index contributed by atoms with van der Waals surface area (Å²) in [5.74, 6) is 0.386. The first-order valence-electron chi connectivity index (χ1n) is 9.46. The Hall–Kier alpha value is -3.54. The summed E-state index contributed by atoms with van der Waals surface area (Å²) < 4.78 is 0. The molecule has 0 aliphatic carbocycles. The van der Waals surface area contributed by atoms with E-state index in [-0.39, 0.29) is 11.7 Å². The number of benzene rings is 2. The second-order valence-corrected chi connectivity index (χ2v) is 7.21. The number of hydrogen-bond acceptors (Lipinski definition) is 5. The van der Waals surface area contributed by atoms with Crippen molar-refractivity contribution in [1.29, 1.82) is 0 Å². The number of carbonyl (C=O) groups excluding carboxylic acids is 2. The summed E-state index contributed by atoms with van der Waals surface area (Å²) in [6, 6.07) is 13.0. The molecular weight excluding hydrogens is 364 g/mol. The van der Waals surface area contributed by atoms with E-state index in [9.17, 15) is 9.59 Å². The number of aryl methyl sites for hydroxylation is 1. The van der Waals surface area contributed by atoms with Crippen LogP contribution in [0.5, 0.6) is 0 Å². The molecule has 3 rings (SSSR count). The number of Topliss-reactive ketones (excluding diaryl/α,β-unsaturated/α-hetero) is 1. The number of aromatic nitrogens is 2. The Balaban J connectivity index is 1.75. The first kappa shape index (κ1) is 20.2. The highest BCUT2D eigenvalue weighted by Crippen LogP contribution is 2.29. The maximum atomic E-state index is 12.5. The van der Waals surface area contributed by atoms with Crippen molar-refractivity contribution in [3.63, 3.8) is 0 Å². The molecule has 0 radical (unpaired) electrons. The van der Waals surface area contributed by atoms with E-state index in [1.54, 1.807) is 24.3 Å². The number of amides is 1. The molecule has 6 nitrogen and oxygen atoms in total. The smallest absolute Gasteiger partial charge is 0.258 e. The minimum absolute atomic E-state index is 0.0585. The van der Waals surface area contributed by atoms with Crippen LogP contribution in [0.1, 0.15) is 58.5 Å². The molecule has 1 heterocycles. The summed E-state index contributed by atoms with van der Waals surface area (Å²) in [5.41, 5.74) is 4.69. The van der Waals surface area contributed by atoms with Crippen molar-refractivity contribution >= 4 is 29.0 Å². The van der Waals surface area contributed by atoms with Gasteiger partial charge in [-0.05, 0) is 43.0 Å². The topological polar surface area (TPSA) is 84.0 Å². The van der Waals surface area contributed by atoms with Gasteiger partial charge in [0.2, 0.25) is 5.95 Å². The first-order valence-corrected chi connectivity index (χ1v) is 9.46. The number of para-hydroxylation sites is 1. The number of carbonyl (C=O) groups is 2. The van der Waals surface area contributed by atoms with Crippen LogP contribution >= 0.6 is 0 Å². The molecule has 148 valence electrons. The summed E-state index contributed by atoms with van der Waals surface area (Å²) in [6.07, 6.45) is 2.96. The van der Waals surface area contributed by atoms with Crippen molar-refractivity contribution in [3.05, 3.63) is 77.1 Å². The van der Waals surface area contributed by atoms with Crippen LogP contribution in [0, 0.1) is 6.92 Å². The molecule has 2 aromatic carbocycles. The fraction of sp³-hybridized carbons (Fsp3) is 0.217. The number of hydrogen-bond donors (Lipinski definition) is 2. The van der Waals surface area contributed by atoms with Gasteiger partial charge in [0, 0.05) is 29.3 Å². The van der Waals surface area contributed by atoms with E-state index in [1.165, 1.54) is 24.9 Å². The van der Waals surface area contributed by atoms with Crippen LogP contribution in [0.4, 0.5) is 17.3 Å². The van der Waals surface area contributed by atoms with E-state index < -0.39 is 0 Å². The molecule has 0 saturated heterocycles. The van der Waals surface area contributed by atoms with E-state index in [4.69, 9.17) is 0 Å². The highest BCUT2D eigenvalue weighted by molar-refractivity contribution is 6.04. The van der Waals surface area contributed by atoms with Crippen LogP contribution in [-0.4, -0.2) is 21.7 Å². The van der Waals surface area contributed by atoms with Gasteiger partial charge in [0.25, 0.3) is 5.91 Å². The van der Waals surface area contributed by atoms with Crippen LogP contribution in [0.25, 0.3) is 0 Å². The van der Waals surface area contributed by atoms with Crippen LogP contribution in [0.15, 0.2) is 54.9 Å². The van der Waals surface area contributed by atoms with Gasteiger partial charge in [-0.25, -0.2) is 9.97 Å². The molecule has 3 aromatic rings. The Labute approximate surface area is 170 Å². The van der Waals surface area contributed by atoms with E-state index in [0.29, 0.717) is 28.7 Å². The monoisotopic (exact) mass is 388 g/mol. The van der Waals surface area contributed by atoms with E-state index in [2.05, 4.69) is 40.5 Å². The predicted octanol–water partition coefficient (Wildman–Crippen LogP) is 5.11. The van der Waals surface area contributed by atoms with Crippen molar-refractivity contribution in [2.45, 2.75) is 33.6 Å². The molecule has 29 heavy (non-hydrogen) atoms. The Morgan fingerprint density at radius 2 is 1.66 bits per heavy atom. The molecule has 0 unspecified atom stereocenters. The van der Waals surface area contributed by atoms with Gasteiger partial charge in [0.1, 0.15) is 0 Å². The van der Waals surface area contributed by atoms with Gasteiger partial charge < -0.3 is 10.6 Å². The highest BCUT2D eigenvalue weighted by Gasteiger charge is 2.12. The van der Waals surface area contributed by atoms with Gasteiger partial charge in [-0.2, -0.15) is 0 Å². The summed E-state index contributed by atoms with van der Waals surface area (Å²) in [4.78, 5) is 32.5. The van der Waals surface area contributed by atoms with Crippen molar-refractivity contribution in [3.8, 4) is 0 Å². The van der Waals surface area contributed by atoms with Crippen LogP contribution in [0.3, 0.4) is 0 Å². The lowest BCUT2D eigenvalue weighted by Crippen LogP contribution is -2.13. The molecule has 0 saturated carbocycles. The average molecular weight is 388 g/mol. The maximum Gasteiger partial charge on any atom is 0.258 e. The lowest BCUT2D eigenvalue weighted by molar-refractivity contribution is 0.101. The lowest BCUT2D eigenvalue weighted by atomic mass is 9.98. The largest absolute Gasteiger partial charge is 0.324 e. The second-order valence-electron chi connectivity index (χ2n) is 7.21. The molecule has 0 bridgehead atoms. The third-order valence-corrected chi connectivity index (χ3v) is 4.60. The van der Waals surface area contributed by atoms with Gasteiger partial charge in [-0.1, -0.05) is 44.2 Å². The maximum absolute atomic E-state index is 12.5. The SMILES string of the molecule is CC(=O)c1cccc(NC(=O)c2cnc(Nc3c(C)cccc3C(C)C)nc2)c1. The fourth-order valence-electron chi connectivity index (χ4n) is 2.98. The second kappa shape index (κ2) is 8.65. The van der Waals surface area contributed by atoms with E-state index in [0.717, 1.165) is 11.3 Å². The van der Waals surface area contributed by atoms with Crippen LogP contribution in [0.2, 0.25) is 0 Å². The Kier molecular flexibility index (Phi) is 6.02. The quantitative estimate of drug-likeness (QED) is 0.574. The van der Waals surface area contributed by atoms with Gasteiger partial charge >= 0.3 is 0 Å². The normalized spacial score (nSPS) is 10.7. The zero-order chi connectivity index (χ0) is 21.0. The molecule has 1 aromatic heterocycles. The standard InChI is InChI=1S/C23H24N4O2/c1-14(2)20-10-5-7-15(3)21(20)27-23-24-12-18(13-25-23)22(29)26-19-9-6-8-17(11-19)16(4)28/h5-14H,1-4H3,(H,26,29)(H,24,25,27). The van der Waals surface area contributed by atoms with Crippen LogP contribution < -0.4 is 10.6 Å². The van der Waals surface area contributed by atoms with Gasteiger partial charge in [0.15, 0.2) is 5.78 Å². The summed E-state index contributed by atoms with van der Waals surface area (Å²) in [6.45, 7) is 7.79. The molecule has 0 aliphatic rings. The minimum Gasteiger partial charge on any atom is -0.324 e. The number of ketones is 1. The van der Waals surface area contributed by atoms with Crippen molar-refractivity contribution in [1.82, 2.24) is 9.97 Å². The Bertz CT molecular complexity index is 1040. The first-order chi connectivity index (χ1) is 13.8. The third kappa shape index (κ3) is 4.85. The summed E-state index contributed by atoms with van der Waals surface area (Å²) in [5, 5.41) is 6.03. The van der Waals surface area contributed by atoms with Gasteiger partial charge in [0.05, 0.1) is 5.56 Å². The number of nitrogens with one attached hydrogen (secondary N) is 2. The average Bonchev–Trinajstić information content (AvgIpc) is 2.70. The number of rotatable bonds is 6. The summed E-state index contributed by atoms with van der Waals surface area (Å²) in [7, 11) is 0. The lowest BCUT2D eigenvalue weighted by Gasteiger charge is -2.16. The van der Waals surface area contributed by atoms with Crippen molar-refractivity contribution in [2.24, 2.45) is 0 Å². The molecule has 0 fully saturated rings. The molecule has 0 aliphatic heterocycles. The molecule has 0 atom stereocenters. The summed E-state index contributed by atoms with van der Waals surface area (Å²) >= 11 is 0. The molecular formula is C23H24N4O2. The predicted molar refractivity (Wildman–Crippen MR) is 115 cm³/mol. The molecule has 6 heteroatoms. The zero-order valence-electron chi connectivity index (χ0n) is 17.0. The molecule has 2 N–H and O–H groups in total. The minimum atomic E-state index is -0.337. The molecule has 1 amide bonds. The van der Waals surface area contributed by atoms with E-state index in [1.807, 2.05) is 19.1 Å². The van der Waals surface area contributed by atoms with Gasteiger partial charge in [-0.15, -0.1) is 0 Å². The zero-order valence-corrected chi connectivity index (χ0v) is 17.0. The van der Waals surface area contributed by atoms with E-state index >= 15 is 0 Å². The number of anilines is 3. The third-order valence-electron chi connectivity index (χ3n) is 4.60. The van der Waals surface area contributed by atoms with Crippen molar-refractivity contribution < 1.29 is 9.59 Å². The molecule has 0 spiro atoms. The highest BCUT2D eigenvalue weighted by atomic mass is 16.1. The van der Waals surface area contributed by atoms with Crippen molar-refractivity contribution in [2.75, 3.05) is 10.6 Å². The van der Waals surface area contributed by atoms with Crippen LogP contribution in [-0.2, 0) is 0 Å². The fourth-order valence-corrected chi connectivity index (χ4v) is 2.98. The number of nitrogens with zero attached hydrogens (tertiary/aromatic N) is 2. The van der Waals surface area contributed by atoms with Gasteiger partial charge in [-0.3, -0.25) is 9.59 Å².